The van der Waals surface area contributed by atoms with Crippen molar-refractivity contribution in [2.24, 2.45) is 0 Å². The Morgan fingerprint density at radius 3 is 2.74 bits per heavy atom. The largest absolute Gasteiger partial charge is 0.478 e. The van der Waals surface area contributed by atoms with Gasteiger partial charge in [-0.15, -0.1) is 0 Å². The van der Waals surface area contributed by atoms with Crippen molar-refractivity contribution in [3.05, 3.63) is 46.3 Å². The molecule has 2 rings (SSSR count). The van der Waals surface area contributed by atoms with Gasteiger partial charge in [0.2, 0.25) is 0 Å². The fraction of sp³-hybridized carbons (Fsp3) is 0. The SMILES string of the molecule is Nc1cc(C(=O)O)cnc1Nc1ccc(F)cc1Br. The summed E-state index contributed by atoms with van der Waals surface area (Å²) >= 11 is 3.20. The monoisotopic (exact) mass is 325 g/mol. The van der Waals surface area contributed by atoms with E-state index in [0.29, 0.717) is 16.0 Å². The van der Waals surface area contributed by atoms with Crippen molar-refractivity contribution in [2.45, 2.75) is 0 Å². The van der Waals surface area contributed by atoms with Crippen molar-refractivity contribution in [2.75, 3.05) is 11.1 Å². The van der Waals surface area contributed by atoms with E-state index >= 15 is 0 Å². The summed E-state index contributed by atoms with van der Waals surface area (Å²) in [7, 11) is 0. The Bertz CT molecular complexity index is 649. The Morgan fingerprint density at radius 2 is 2.16 bits per heavy atom. The smallest absolute Gasteiger partial charge is 0.337 e. The Morgan fingerprint density at radius 1 is 1.42 bits per heavy atom. The van der Waals surface area contributed by atoms with Crippen LogP contribution in [0.3, 0.4) is 0 Å². The predicted molar refractivity (Wildman–Crippen MR) is 73.0 cm³/mol. The Balaban J connectivity index is 2.31. The fourth-order valence-corrected chi connectivity index (χ4v) is 1.87. The Labute approximate surface area is 116 Å². The number of carbonyl (C=O) groups is 1. The number of hydrogen-bond acceptors (Lipinski definition) is 4. The average molecular weight is 326 g/mol. The van der Waals surface area contributed by atoms with Gasteiger partial charge in [-0.05, 0) is 40.2 Å². The number of nitrogens with two attached hydrogens (primary N) is 1. The van der Waals surface area contributed by atoms with Crippen LogP contribution in [0.5, 0.6) is 0 Å². The first-order valence-electron chi connectivity index (χ1n) is 5.18. The molecule has 0 aliphatic heterocycles. The van der Waals surface area contributed by atoms with Gasteiger partial charge >= 0.3 is 5.97 Å². The summed E-state index contributed by atoms with van der Waals surface area (Å²) in [5.41, 5.74) is 6.47. The second-order valence-electron chi connectivity index (χ2n) is 3.72. The molecule has 0 atom stereocenters. The van der Waals surface area contributed by atoms with E-state index in [2.05, 4.69) is 26.2 Å². The molecule has 0 unspecified atom stereocenters. The lowest BCUT2D eigenvalue weighted by Crippen LogP contribution is -2.04. The van der Waals surface area contributed by atoms with Gasteiger partial charge in [0, 0.05) is 10.7 Å². The second kappa shape index (κ2) is 5.23. The molecule has 1 aromatic heterocycles. The van der Waals surface area contributed by atoms with Crippen LogP contribution in [0.1, 0.15) is 10.4 Å². The minimum Gasteiger partial charge on any atom is -0.478 e. The molecule has 98 valence electrons. The summed E-state index contributed by atoms with van der Waals surface area (Å²) in [6.07, 6.45) is 1.19. The lowest BCUT2D eigenvalue weighted by molar-refractivity contribution is 0.0696. The number of carboxylic acid groups (broad SMARTS) is 1. The van der Waals surface area contributed by atoms with Gasteiger partial charge in [-0.25, -0.2) is 14.2 Å². The number of hydrogen-bond donors (Lipinski definition) is 3. The van der Waals surface area contributed by atoms with Crippen molar-refractivity contribution in [3.8, 4) is 0 Å². The van der Waals surface area contributed by atoms with E-state index in [1.54, 1.807) is 0 Å². The number of aromatic carboxylic acids is 1. The number of carboxylic acids is 1. The van der Waals surface area contributed by atoms with E-state index in [-0.39, 0.29) is 17.1 Å². The summed E-state index contributed by atoms with van der Waals surface area (Å²) in [5, 5.41) is 11.7. The highest BCUT2D eigenvalue weighted by molar-refractivity contribution is 9.10. The summed E-state index contributed by atoms with van der Waals surface area (Å²) in [6.45, 7) is 0. The molecule has 0 saturated heterocycles. The zero-order valence-electron chi connectivity index (χ0n) is 9.52. The quantitative estimate of drug-likeness (QED) is 0.807. The van der Waals surface area contributed by atoms with Crippen LogP contribution < -0.4 is 11.1 Å². The van der Waals surface area contributed by atoms with Crippen molar-refractivity contribution in [1.29, 1.82) is 0 Å². The predicted octanol–water partition coefficient (Wildman–Crippen LogP) is 3.01. The Kier molecular flexibility index (Phi) is 3.66. The fourth-order valence-electron chi connectivity index (χ4n) is 1.42. The van der Waals surface area contributed by atoms with Gasteiger partial charge in [0.15, 0.2) is 5.82 Å². The molecule has 0 aliphatic carbocycles. The molecule has 0 amide bonds. The highest BCUT2D eigenvalue weighted by Crippen LogP contribution is 2.28. The standard InChI is InChI=1S/C12H9BrFN3O2/c13-8-4-7(14)1-2-10(8)17-11-9(15)3-6(5-16-11)12(18)19/h1-5H,15H2,(H,16,17)(H,18,19). The van der Waals surface area contributed by atoms with Gasteiger partial charge in [-0.2, -0.15) is 0 Å². The molecule has 0 spiro atoms. The number of halogens is 2. The van der Waals surface area contributed by atoms with Gasteiger partial charge in [0.05, 0.1) is 16.9 Å². The first-order chi connectivity index (χ1) is 8.97. The van der Waals surface area contributed by atoms with E-state index in [4.69, 9.17) is 10.8 Å². The summed E-state index contributed by atoms with van der Waals surface area (Å²) in [4.78, 5) is 14.7. The van der Waals surface area contributed by atoms with Crippen LogP contribution in [-0.2, 0) is 0 Å². The zero-order chi connectivity index (χ0) is 14.0. The van der Waals surface area contributed by atoms with Crippen LogP contribution >= 0.6 is 15.9 Å². The lowest BCUT2D eigenvalue weighted by atomic mass is 10.2. The minimum absolute atomic E-state index is 0.00113. The van der Waals surface area contributed by atoms with Crippen LogP contribution in [0.25, 0.3) is 0 Å². The number of anilines is 3. The molecule has 0 saturated carbocycles. The number of nitrogens with one attached hydrogen (secondary N) is 1. The molecule has 0 radical (unpaired) electrons. The van der Waals surface area contributed by atoms with E-state index in [1.807, 2.05) is 0 Å². The molecular weight excluding hydrogens is 317 g/mol. The third-order valence-corrected chi connectivity index (χ3v) is 3.00. The first kappa shape index (κ1) is 13.3. The van der Waals surface area contributed by atoms with Crippen LogP contribution in [0, 0.1) is 5.82 Å². The number of nitrogen functional groups attached to an aromatic ring is 1. The van der Waals surface area contributed by atoms with Gasteiger partial charge in [-0.3, -0.25) is 0 Å². The van der Waals surface area contributed by atoms with Gasteiger partial charge in [0.1, 0.15) is 5.82 Å². The van der Waals surface area contributed by atoms with Crippen molar-refractivity contribution in [1.82, 2.24) is 4.98 Å². The number of benzene rings is 1. The van der Waals surface area contributed by atoms with Crippen LogP contribution in [0.4, 0.5) is 21.6 Å². The van der Waals surface area contributed by atoms with E-state index in [1.165, 1.54) is 30.5 Å². The third-order valence-electron chi connectivity index (χ3n) is 2.35. The molecule has 4 N–H and O–H groups in total. The Hall–Kier alpha value is -2.15. The zero-order valence-corrected chi connectivity index (χ0v) is 11.1. The van der Waals surface area contributed by atoms with E-state index in [9.17, 15) is 9.18 Å². The number of aromatic nitrogens is 1. The molecule has 7 heteroatoms. The second-order valence-corrected chi connectivity index (χ2v) is 4.57. The van der Waals surface area contributed by atoms with Crippen molar-refractivity contribution < 1.29 is 14.3 Å². The van der Waals surface area contributed by atoms with Crippen LogP contribution in [-0.4, -0.2) is 16.1 Å². The topological polar surface area (TPSA) is 88.2 Å². The number of rotatable bonds is 3. The molecule has 5 nitrogen and oxygen atoms in total. The van der Waals surface area contributed by atoms with Crippen LogP contribution in [0.2, 0.25) is 0 Å². The maximum Gasteiger partial charge on any atom is 0.337 e. The van der Waals surface area contributed by atoms with Crippen molar-refractivity contribution >= 4 is 39.1 Å². The van der Waals surface area contributed by atoms with Crippen LogP contribution in [0.15, 0.2) is 34.9 Å². The average Bonchev–Trinajstić information content (AvgIpc) is 2.34. The normalized spacial score (nSPS) is 10.2. The summed E-state index contributed by atoms with van der Waals surface area (Å²) in [6, 6.07) is 5.40. The number of pyridine rings is 1. The molecule has 2 aromatic rings. The number of nitrogens with zero attached hydrogens (tertiary/aromatic N) is 1. The third kappa shape index (κ3) is 3.00. The first-order valence-corrected chi connectivity index (χ1v) is 5.97. The molecule has 0 aliphatic rings. The molecule has 0 fully saturated rings. The maximum absolute atomic E-state index is 12.9. The molecule has 1 aromatic carbocycles. The van der Waals surface area contributed by atoms with E-state index < -0.39 is 5.97 Å². The molecule has 19 heavy (non-hydrogen) atoms. The highest BCUT2D eigenvalue weighted by Gasteiger charge is 2.09. The van der Waals surface area contributed by atoms with Gasteiger partial charge in [0.25, 0.3) is 0 Å². The summed E-state index contributed by atoms with van der Waals surface area (Å²) < 4.78 is 13.5. The van der Waals surface area contributed by atoms with E-state index in [0.717, 1.165) is 0 Å². The maximum atomic E-state index is 12.9. The summed E-state index contributed by atoms with van der Waals surface area (Å²) in [5.74, 6) is -1.18. The lowest BCUT2D eigenvalue weighted by Gasteiger charge is -2.10. The molecule has 1 heterocycles. The minimum atomic E-state index is -1.10. The molecular formula is C12H9BrFN3O2. The molecule has 0 bridgehead atoms. The van der Waals surface area contributed by atoms with Gasteiger partial charge in [-0.1, -0.05) is 0 Å². The van der Waals surface area contributed by atoms with Gasteiger partial charge < -0.3 is 16.2 Å². The van der Waals surface area contributed by atoms with Crippen molar-refractivity contribution in [3.63, 3.8) is 0 Å². The highest BCUT2D eigenvalue weighted by atomic mass is 79.9.